The van der Waals surface area contributed by atoms with E-state index in [4.69, 9.17) is 0 Å². The minimum absolute atomic E-state index is 0.0174. The number of carbonyl (C=O) groups excluding carboxylic acids is 1. The van der Waals surface area contributed by atoms with Gasteiger partial charge in [-0.1, -0.05) is 0 Å². The highest BCUT2D eigenvalue weighted by Crippen LogP contribution is 2.29. The zero-order valence-corrected chi connectivity index (χ0v) is 13.8. The Bertz CT molecular complexity index is 854. The van der Waals surface area contributed by atoms with Gasteiger partial charge in [-0.2, -0.15) is 20.1 Å². The molecule has 25 heavy (non-hydrogen) atoms. The average Bonchev–Trinajstić information content (AvgIpc) is 3.36. The molecule has 2 aromatic heterocycles. The maximum atomic E-state index is 12.7. The van der Waals surface area contributed by atoms with Crippen molar-refractivity contribution in [2.45, 2.75) is 5.92 Å². The lowest BCUT2D eigenvalue weighted by Crippen LogP contribution is -2.28. The lowest BCUT2D eigenvalue weighted by molar-refractivity contribution is -0.119. The Morgan fingerprint density at radius 3 is 2.60 bits per heavy atom. The van der Waals surface area contributed by atoms with Crippen molar-refractivity contribution in [1.29, 1.82) is 0 Å². The molecular formula is C17H19N7O. The predicted octanol–water partition coefficient (Wildman–Crippen LogP) is 0.942. The quantitative estimate of drug-likeness (QED) is 0.740. The maximum Gasteiger partial charge on any atom is 0.229 e. The van der Waals surface area contributed by atoms with Gasteiger partial charge in [-0.15, -0.1) is 0 Å². The molecule has 0 saturated carbocycles. The number of nitrogens with zero attached hydrogens (tertiary/aromatic N) is 5. The second-order valence-electron chi connectivity index (χ2n) is 6.17. The summed E-state index contributed by atoms with van der Waals surface area (Å²) in [6, 6.07) is 7.47. The monoisotopic (exact) mass is 337 g/mol. The molecule has 1 aliphatic rings. The van der Waals surface area contributed by atoms with Crippen LogP contribution in [0.2, 0.25) is 0 Å². The van der Waals surface area contributed by atoms with Gasteiger partial charge in [-0.05, 0) is 29.8 Å². The van der Waals surface area contributed by atoms with E-state index >= 15 is 0 Å². The molecule has 1 fully saturated rings. The average molecular weight is 337 g/mol. The van der Waals surface area contributed by atoms with Crippen molar-refractivity contribution in [1.82, 2.24) is 30.1 Å². The molecule has 128 valence electrons. The molecule has 3 heterocycles. The Morgan fingerprint density at radius 1 is 1.16 bits per heavy atom. The first kappa shape index (κ1) is 15.5. The maximum absolute atomic E-state index is 12.7. The summed E-state index contributed by atoms with van der Waals surface area (Å²) < 4.78 is 1.77. The van der Waals surface area contributed by atoms with Gasteiger partial charge in [-0.25, -0.2) is 0 Å². The molecule has 8 nitrogen and oxygen atoms in total. The largest absolute Gasteiger partial charge is 0.326 e. The van der Waals surface area contributed by atoms with Crippen LogP contribution in [0, 0.1) is 5.92 Å². The van der Waals surface area contributed by atoms with Crippen molar-refractivity contribution in [2.24, 2.45) is 13.0 Å². The first-order chi connectivity index (χ1) is 12.2. The van der Waals surface area contributed by atoms with Gasteiger partial charge in [0.1, 0.15) is 0 Å². The summed E-state index contributed by atoms with van der Waals surface area (Å²) in [6.07, 6.45) is 7.07. The minimum Gasteiger partial charge on any atom is -0.326 e. The lowest BCUT2D eigenvalue weighted by atomic mass is 9.90. The second-order valence-corrected chi connectivity index (χ2v) is 6.17. The van der Waals surface area contributed by atoms with Gasteiger partial charge in [0.15, 0.2) is 0 Å². The van der Waals surface area contributed by atoms with Gasteiger partial charge in [0.25, 0.3) is 0 Å². The van der Waals surface area contributed by atoms with Crippen LogP contribution in [0.5, 0.6) is 0 Å². The number of hydrogen-bond acceptors (Lipinski definition) is 5. The van der Waals surface area contributed by atoms with E-state index in [1.807, 2.05) is 43.7 Å². The van der Waals surface area contributed by atoms with E-state index in [2.05, 4.69) is 25.9 Å². The van der Waals surface area contributed by atoms with Crippen LogP contribution in [-0.4, -0.2) is 43.8 Å². The van der Waals surface area contributed by atoms with E-state index in [0.29, 0.717) is 6.54 Å². The zero-order chi connectivity index (χ0) is 17.2. The summed E-state index contributed by atoms with van der Waals surface area (Å²) in [5.41, 5.74) is 2.70. The first-order valence-electron chi connectivity index (χ1n) is 8.17. The van der Waals surface area contributed by atoms with Crippen LogP contribution in [0.1, 0.15) is 11.5 Å². The molecule has 1 amide bonds. The summed E-state index contributed by atoms with van der Waals surface area (Å²) >= 11 is 0. The minimum atomic E-state index is -0.114. The van der Waals surface area contributed by atoms with Gasteiger partial charge in [0.05, 0.1) is 30.2 Å². The molecule has 0 aliphatic carbocycles. The van der Waals surface area contributed by atoms with Crippen molar-refractivity contribution in [3.8, 4) is 5.69 Å². The van der Waals surface area contributed by atoms with E-state index in [1.165, 1.54) is 4.80 Å². The second kappa shape index (κ2) is 6.48. The Balaban J connectivity index is 1.46. The van der Waals surface area contributed by atoms with E-state index in [9.17, 15) is 4.79 Å². The number of anilines is 1. The summed E-state index contributed by atoms with van der Waals surface area (Å²) in [7, 11) is 1.89. The van der Waals surface area contributed by atoms with Crippen molar-refractivity contribution in [3.63, 3.8) is 0 Å². The molecule has 2 atom stereocenters. The molecule has 2 N–H and O–H groups in total. The Morgan fingerprint density at radius 2 is 1.92 bits per heavy atom. The van der Waals surface area contributed by atoms with Crippen LogP contribution in [0.25, 0.3) is 5.69 Å². The topological polar surface area (TPSA) is 89.7 Å². The number of aryl methyl sites for hydroxylation is 1. The molecule has 0 bridgehead atoms. The fraction of sp³-hybridized carbons (Fsp3) is 0.294. The third kappa shape index (κ3) is 3.16. The number of carbonyl (C=O) groups is 1. The van der Waals surface area contributed by atoms with Crippen LogP contribution in [-0.2, 0) is 11.8 Å². The van der Waals surface area contributed by atoms with Crippen LogP contribution < -0.4 is 10.6 Å². The molecule has 1 aliphatic heterocycles. The molecule has 0 radical (unpaired) electrons. The number of amides is 1. The predicted molar refractivity (Wildman–Crippen MR) is 92.3 cm³/mol. The number of nitrogens with one attached hydrogen (secondary N) is 2. The third-order valence-corrected chi connectivity index (χ3v) is 4.49. The van der Waals surface area contributed by atoms with Crippen LogP contribution in [0.4, 0.5) is 5.69 Å². The van der Waals surface area contributed by atoms with Crippen LogP contribution >= 0.6 is 0 Å². The highest BCUT2D eigenvalue weighted by Gasteiger charge is 2.34. The molecule has 0 spiro atoms. The van der Waals surface area contributed by atoms with Crippen molar-refractivity contribution in [3.05, 3.63) is 54.6 Å². The SMILES string of the molecule is Cn1cc([C@H]2CNC[C@@H]2C(=O)Nc2ccc(-n3nccn3)cc2)cn1. The molecule has 8 heteroatoms. The van der Waals surface area contributed by atoms with Crippen LogP contribution in [0.15, 0.2) is 49.1 Å². The van der Waals surface area contributed by atoms with Gasteiger partial charge in [0.2, 0.25) is 5.91 Å². The smallest absolute Gasteiger partial charge is 0.229 e. The summed E-state index contributed by atoms with van der Waals surface area (Å²) in [4.78, 5) is 14.2. The van der Waals surface area contributed by atoms with Gasteiger partial charge in [0, 0.05) is 37.9 Å². The standard InChI is InChI=1S/C17H19N7O/c1-23-11-12(8-21-23)15-9-18-10-16(15)17(25)22-13-2-4-14(5-3-13)24-19-6-7-20-24/h2-8,11,15-16,18H,9-10H2,1H3,(H,22,25)/t15-,16+/m1/s1. The fourth-order valence-electron chi connectivity index (χ4n) is 3.20. The zero-order valence-electron chi connectivity index (χ0n) is 13.8. The van der Waals surface area contributed by atoms with Gasteiger partial charge >= 0.3 is 0 Å². The highest BCUT2D eigenvalue weighted by atomic mass is 16.2. The summed E-state index contributed by atoms with van der Waals surface area (Å²) in [5.74, 6) is 0.0433. The summed E-state index contributed by atoms with van der Waals surface area (Å²) in [5, 5.41) is 18.7. The normalized spacial score (nSPS) is 19.9. The van der Waals surface area contributed by atoms with Crippen molar-refractivity contribution >= 4 is 11.6 Å². The Kier molecular flexibility index (Phi) is 4.02. The molecular weight excluding hydrogens is 318 g/mol. The highest BCUT2D eigenvalue weighted by molar-refractivity contribution is 5.93. The number of aromatic nitrogens is 5. The molecule has 1 saturated heterocycles. The number of rotatable bonds is 4. The Labute approximate surface area is 144 Å². The van der Waals surface area contributed by atoms with E-state index < -0.39 is 0 Å². The van der Waals surface area contributed by atoms with E-state index in [1.54, 1.807) is 17.1 Å². The van der Waals surface area contributed by atoms with E-state index in [0.717, 1.165) is 23.5 Å². The number of benzene rings is 1. The third-order valence-electron chi connectivity index (χ3n) is 4.49. The Hall–Kier alpha value is -3.00. The van der Waals surface area contributed by atoms with Gasteiger partial charge in [-0.3, -0.25) is 9.48 Å². The summed E-state index contributed by atoms with van der Waals surface area (Å²) in [6.45, 7) is 1.45. The molecule has 4 rings (SSSR count). The van der Waals surface area contributed by atoms with Crippen LogP contribution in [0.3, 0.4) is 0 Å². The molecule has 3 aromatic rings. The molecule has 1 aromatic carbocycles. The molecule has 0 unspecified atom stereocenters. The van der Waals surface area contributed by atoms with Crippen molar-refractivity contribution < 1.29 is 4.79 Å². The fourth-order valence-corrected chi connectivity index (χ4v) is 3.20. The first-order valence-corrected chi connectivity index (χ1v) is 8.17. The number of hydrogen-bond donors (Lipinski definition) is 2. The lowest BCUT2D eigenvalue weighted by Gasteiger charge is -2.17. The van der Waals surface area contributed by atoms with Crippen molar-refractivity contribution in [2.75, 3.05) is 18.4 Å². The van der Waals surface area contributed by atoms with E-state index in [-0.39, 0.29) is 17.7 Å². The van der Waals surface area contributed by atoms with Gasteiger partial charge < -0.3 is 10.6 Å².